The molecule has 3 rings (SSSR count). The van der Waals surface area contributed by atoms with Crippen molar-refractivity contribution in [2.75, 3.05) is 17.5 Å². The molecule has 1 amide bonds. The predicted molar refractivity (Wildman–Crippen MR) is 126 cm³/mol. The molecule has 1 N–H and O–H groups in total. The second-order valence-electron chi connectivity index (χ2n) is 7.43. The summed E-state index contributed by atoms with van der Waals surface area (Å²) in [7, 11) is -4.01. The molecule has 1 unspecified atom stereocenters. The van der Waals surface area contributed by atoms with E-state index in [0.717, 1.165) is 15.4 Å². The Labute approximate surface area is 189 Å². The number of carbonyl (C=O) groups is 1. The Morgan fingerprint density at radius 3 is 2.25 bits per heavy atom. The standard InChI is InChI=1S/C25H28N2O4S/c1-4-31-24-13-9-8-12-23(24)27(32(29,30)22-16-14-19(2)15-17-22)18-25(28)26-20(3)21-10-6-5-7-11-21/h5-17,20H,4,18H2,1-3H3,(H,26,28). The van der Waals surface area contributed by atoms with Gasteiger partial charge >= 0.3 is 0 Å². The maximum atomic E-state index is 13.6. The first-order chi connectivity index (χ1) is 15.3. The Balaban J connectivity index is 1.96. The molecule has 7 heteroatoms. The summed E-state index contributed by atoms with van der Waals surface area (Å²) in [5, 5.41) is 2.89. The van der Waals surface area contributed by atoms with Gasteiger partial charge in [0.25, 0.3) is 10.0 Å². The summed E-state index contributed by atoms with van der Waals surface area (Å²) < 4.78 is 33.9. The third-order valence-corrected chi connectivity index (χ3v) is 6.78. The molecule has 0 spiro atoms. The molecule has 0 bridgehead atoms. The lowest BCUT2D eigenvalue weighted by molar-refractivity contribution is -0.120. The van der Waals surface area contributed by atoms with E-state index in [1.807, 2.05) is 51.1 Å². The van der Waals surface area contributed by atoms with Crippen molar-refractivity contribution in [2.45, 2.75) is 31.7 Å². The molecule has 0 aliphatic carbocycles. The van der Waals surface area contributed by atoms with E-state index in [1.165, 1.54) is 0 Å². The minimum absolute atomic E-state index is 0.110. The molecular weight excluding hydrogens is 424 g/mol. The first-order valence-corrected chi connectivity index (χ1v) is 11.9. The Kier molecular flexibility index (Phi) is 7.53. The van der Waals surface area contributed by atoms with Crippen molar-refractivity contribution in [1.29, 1.82) is 0 Å². The zero-order valence-corrected chi connectivity index (χ0v) is 19.3. The van der Waals surface area contributed by atoms with Crippen LogP contribution in [-0.2, 0) is 14.8 Å². The van der Waals surface area contributed by atoms with Crippen LogP contribution >= 0.6 is 0 Å². The lowest BCUT2D eigenvalue weighted by Crippen LogP contribution is -2.41. The van der Waals surface area contributed by atoms with E-state index in [4.69, 9.17) is 4.74 Å². The minimum Gasteiger partial charge on any atom is -0.492 e. The van der Waals surface area contributed by atoms with Crippen LogP contribution in [-0.4, -0.2) is 27.5 Å². The van der Waals surface area contributed by atoms with Crippen molar-refractivity contribution < 1.29 is 17.9 Å². The Hall–Kier alpha value is -3.32. The van der Waals surface area contributed by atoms with Gasteiger partial charge in [0.1, 0.15) is 12.3 Å². The molecule has 3 aromatic rings. The lowest BCUT2D eigenvalue weighted by Gasteiger charge is -2.26. The molecular formula is C25H28N2O4S. The SMILES string of the molecule is CCOc1ccccc1N(CC(=O)NC(C)c1ccccc1)S(=O)(=O)c1ccc(C)cc1. The number of anilines is 1. The van der Waals surface area contributed by atoms with E-state index in [9.17, 15) is 13.2 Å². The van der Waals surface area contributed by atoms with E-state index < -0.39 is 15.9 Å². The summed E-state index contributed by atoms with van der Waals surface area (Å²) in [5.74, 6) is -0.0158. The van der Waals surface area contributed by atoms with Gasteiger partial charge in [-0.05, 0) is 50.6 Å². The molecule has 6 nitrogen and oxygen atoms in total. The van der Waals surface area contributed by atoms with Crippen molar-refractivity contribution in [3.8, 4) is 5.75 Å². The second-order valence-corrected chi connectivity index (χ2v) is 9.29. The summed E-state index contributed by atoms with van der Waals surface area (Å²) in [5.41, 5.74) is 2.19. The van der Waals surface area contributed by atoms with Crippen LogP contribution in [0.25, 0.3) is 0 Å². The molecule has 0 saturated heterocycles. The zero-order chi connectivity index (χ0) is 23.1. The van der Waals surface area contributed by atoms with Crippen LogP contribution in [0, 0.1) is 6.92 Å². The van der Waals surface area contributed by atoms with Crippen LogP contribution in [0.1, 0.15) is 31.0 Å². The average molecular weight is 453 g/mol. The van der Waals surface area contributed by atoms with Crippen LogP contribution in [0.4, 0.5) is 5.69 Å². The van der Waals surface area contributed by atoms with Gasteiger partial charge in [-0.25, -0.2) is 8.42 Å². The van der Waals surface area contributed by atoms with Gasteiger partial charge in [-0.15, -0.1) is 0 Å². The fourth-order valence-electron chi connectivity index (χ4n) is 3.32. The number of aryl methyl sites for hydroxylation is 1. The molecule has 3 aromatic carbocycles. The minimum atomic E-state index is -4.01. The number of sulfonamides is 1. The number of nitrogens with zero attached hydrogens (tertiary/aromatic N) is 1. The van der Waals surface area contributed by atoms with Crippen LogP contribution in [0.15, 0.2) is 83.8 Å². The largest absolute Gasteiger partial charge is 0.492 e. The highest BCUT2D eigenvalue weighted by atomic mass is 32.2. The monoisotopic (exact) mass is 452 g/mol. The number of rotatable bonds is 9. The first-order valence-electron chi connectivity index (χ1n) is 10.5. The molecule has 0 aliphatic heterocycles. The number of carbonyl (C=O) groups excluding carboxylic acids is 1. The number of benzene rings is 3. The number of para-hydroxylation sites is 2. The molecule has 168 valence electrons. The Morgan fingerprint density at radius 1 is 0.969 bits per heavy atom. The van der Waals surface area contributed by atoms with Gasteiger partial charge in [0, 0.05) is 0 Å². The number of hydrogen-bond acceptors (Lipinski definition) is 4. The number of ether oxygens (including phenoxy) is 1. The van der Waals surface area contributed by atoms with Crippen molar-refractivity contribution >= 4 is 21.6 Å². The van der Waals surface area contributed by atoms with Crippen LogP contribution < -0.4 is 14.4 Å². The summed E-state index contributed by atoms with van der Waals surface area (Å²) in [6.45, 7) is 5.56. The quantitative estimate of drug-likeness (QED) is 0.520. The van der Waals surface area contributed by atoms with E-state index in [0.29, 0.717) is 18.0 Å². The Morgan fingerprint density at radius 2 is 1.59 bits per heavy atom. The average Bonchev–Trinajstić information content (AvgIpc) is 2.79. The summed E-state index contributed by atoms with van der Waals surface area (Å²) >= 11 is 0. The maximum Gasteiger partial charge on any atom is 0.264 e. The predicted octanol–water partition coefficient (Wildman–Crippen LogP) is 4.47. The van der Waals surface area contributed by atoms with Crippen molar-refractivity contribution in [3.63, 3.8) is 0 Å². The highest BCUT2D eigenvalue weighted by Gasteiger charge is 2.29. The first kappa shape index (κ1) is 23.3. The highest BCUT2D eigenvalue weighted by molar-refractivity contribution is 7.92. The lowest BCUT2D eigenvalue weighted by atomic mass is 10.1. The molecule has 0 heterocycles. The molecule has 0 fully saturated rings. The number of amides is 1. The molecule has 0 aliphatic rings. The van der Waals surface area contributed by atoms with Crippen molar-refractivity contribution in [2.24, 2.45) is 0 Å². The van der Waals surface area contributed by atoms with Crippen LogP contribution in [0.3, 0.4) is 0 Å². The van der Waals surface area contributed by atoms with Gasteiger partial charge in [-0.1, -0.05) is 60.2 Å². The topological polar surface area (TPSA) is 75.7 Å². The van der Waals surface area contributed by atoms with Crippen LogP contribution in [0.5, 0.6) is 5.75 Å². The zero-order valence-electron chi connectivity index (χ0n) is 18.5. The molecule has 1 atom stereocenters. The highest BCUT2D eigenvalue weighted by Crippen LogP contribution is 2.32. The van der Waals surface area contributed by atoms with Gasteiger partial charge in [0.2, 0.25) is 5.91 Å². The van der Waals surface area contributed by atoms with Gasteiger partial charge in [0.05, 0.1) is 23.2 Å². The van der Waals surface area contributed by atoms with E-state index in [-0.39, 0.29) is 17.5 Å². The van der Waals surface area contributed by atoms with Gasteiger partial charge in [0.15, 0.2) is 0 Å². The van der Waals surface area contributed by atoms with E-state index in [2.05, 4.69) is 5.32 Å². The molecule has 0 saturated carbocycles. The third-order valence-electron chi connectivity index (χ3n) is 5.01. The summed E-state index contributed by atoms with van der Waals surface area (Å²) in [4.78, 5) is 13.1. The van der Waals surface area contributed by atoms with Crippen molar-refractivity contribution in [1.82, 2.24) is 5.32 Å². The fourth-order valence-corrected chi connectivity index (χ4v) is 4.75. The van der Waals surface area contributed by atoms with Gasteiger partial charge in [-0.3, -0.25) is 9.10 Å². The number of nitrogens with one attached hydrogen (secondary N) is 1. The van der Waals surface area contributed by atoms with E-state index in [1.54, 1.807) is 48.5 Å². The number of hydrogen-bond donors (Lipinski definition) is 1. The Bertz CT molecular complexity index is 1150. The summed E-state index contributed by atoms with van der Waals surface area (Å²) in [6.07, 6.45) is 0. The second kappa shape index (κ2) is 10.3. The normalized spacial score (nSPS) is 12.1. The summed E-state index contributed by atoms with van der Waals surface area (Å²) in [6, 6.07) is 22.6. The van der Waals surface area contributed by atoms with Gasteiger partial charge in [-0.2, -0.15) is 0 Å². The van der Waals surface area contributed by atoms with Gasteiger partial charge < -0.3 is 10.1 Å². The maximum absolute atomic E-state index is 13.6. The van der Waals surface area contributed by atoms with Crippen molar-refractivity contribution in [3.05, 3.63) is 90.0 Å². The molecule has 0 aromatic heterocycles. The third kappa shape index (κ3) is 5.48. The smallest absolute Gasteiger partial charge is 0.264 e. The molecule has 32 heavy (non-hydrogen) atoms. The van der Waals surface area contributed by atoms with E-state index >= 15 is 0 Å². The molecule has 0 radical (unpaired) electrons. The van der Waals surface area contributed by atoms with Crippen LogP contribution in [0.2, 0.25) is 0 Å². The fraction of sp³-hybridized carbons (Fsp3) is 0.240.